The Hall–Kier alpha value is -1.76. The van der Waals surface area contributed by atoms with Gasteiger partial charge in [0.25, 0.3) is 0 Å². The largest absolute Gasteiger partial charge is 0.398 e. The summed E-state index contributed by atoms with van der Waals surface area (Å²) in [6, 6.07) is 16.6. The van der Waals surface area contributed by atoms with Gasteiger partial charge in [-0.1, -0.05) is 63.2 Å². The first kappa shape index (κ1) is 11.7. The summed E-state index contributed by atoms with van der Waals surface area (Å²) >= 11 is 0. The van der Waals surface area contributed by atoms with Crippen LogP contribution in [-0.2, 0) is 5.41 Å². The van der Waals surface area contributed by atoms with Gasteiger partial charge in [-0.05, 0) is 22.6 Å². The third-order valence-electron chi connectivity index (χ3n) is 3.00. The van der Waals surface area contributed by atoms with Crippen molar-refractivity contribution in [1.29, 1.82) is 0 Å². The van der Waals surface area contributed by atoms with E-state index >= 15 is 0 Å². The lowest BCUT2D eigenvalue weighted by Gasteiger charge is -2.20. The van der Waals surface area contributed by atoms with Crippen LogP contribution in [0.5, 0.6) is 0 Å². The van der Waals surface area contributed by atoms with E-state index in [0.29, 0.717) is 0 Å². The van der Waals surface area contributed by atoms with Crippen molar-refractivity contribution in [3.63, 3.8) is 0 Å². The zero-order valence-electron chi connectivity index (χ0n) is 10.7. The van der Waals surface area contributed by atoms with E-state index in [1.54, 1.807) is 0 Å². The average Bonchev–Trinajstić information content (AvgIpc) is 2.29. The molecule has 0 amide bonds. The second kappa shape index (κ2) is 4.25. The zero-order chi connectivity index (χ0) is 12.5. The van der Waals surface area contributed by atoms with Gasteiger partial charge < -0.3 is 5.73 Å². The van der Waals surface area contributed by atoms with Crippen LogP contribution < -0.4 is 5.73 Å². The first-order valence-corrected chi connectivity index (χ1v) is 5.94. The summed E-state index contributed by atoms with van der Waals surface area (Å²) in [6.45, 7) is 6.67. The van der Waals surface area contributed by atoms with Gasteiger partial charge in [-0.15, -0.1) is 0 Å². The molecule has 1 nitrogen and oxygen atoms in total. The highest BCUT2D eigenvalue weighted by atomic mass is 14.6. The minimum Gasteiger partial charge on any atom is -0.398 e. The molecule has 0 aliphatic heterocycles. The van der Waals surface area contributed by atoms with Gasteiger partial charge in [-0.2, -0.15) is 0 Å². The number of anilines is 1. The minimum atomic E-state index is 0.166. The summed E-state index contributed by atoms with van der Waals surface area (Å²) in [5.41, 5.74) is 10.6. The van der Waals surface area contributed by atoms with Crippen LogP contribution in [0.2, 0.25) is 0 Å². The van der Waals surface area contributed by atoms with Gasteiger partial charge in [0, 0.05) is 11.3 Å². The van der Waals surface area contributed by atoms with E-state index in [0.717, 1.165) is 11.3 Å². The monoisotopic (exact) mass is 225 g/mol. The molecule has 2 rings (SSSR count). The summed E-state index contributed by atoms with van der Waals surface area (Å²) in [7, 11) is 0. The SMILES string of the molecule is CC(C)(C)c1cccc(-c2ccccc2N)c1. The Labute approximate surface area is 103 Å². The van der Waals surface area contributed by atoms with Crippen molar-refractivity contribution >= 4 is 5.69 Å². The van der Waals surface area contributed by atoms with Gasteiger partial charge in [0.15, 0.2) is 0 Å². The molecule has 0 aliphatic carbocycles. The van der Waals surface area contributed by atoms with Gasteiger partial charge in [-0.3, -0.25) is 0 Å². The fourth-order valence-electron chi connectivity index (χ4n) is 1.91. The normalized spacial score (nSPS) is 11.5. The van der Waals surface area contributed by atoms with Gasteiger partial charge in [-0.25, -0.2) is 0 Å². The summed E-state index contributed by atoms with van der Waals surface area (Å²) in [5.74, 6) is 0. The van der Waals surface area contributed by atoms with Crippen LogP contribution in [0.3, 0.4) is 0 Å². The smallest absolute Gasteiger partial charge is 0.0393 e. The van der Waals surface area contributed by atoms with Crippen LogP contribution in [0, 0.1) is 0 Å². The topological polar surface area (TPSA) is 26.0 Å². The van der Waals surface area contributed by atoms with Crippen molar-refractivity contribution in [2.75, 3.05) is 5.73 Å². The maximum atomic E-state index is 6.01. The molecule has 0 aromatic heterocycles. The molecule has 2 aromatic rings. The van der Waals surface area contributed by atoms with E-state index in [1.165, 1.54) is 11.1 Å². The Kier molecular flexibility index (Phi) is 2.93. The molecule has 0 spiro atoms. The maximum absolute atomic E-state index is 6.01. The Bertz CT molecular complexity index is 521. The molecule has 0 atom stereocenters. The molecule has 1 heteroatoms. The van der Waals surface area contributed by atoms with Crippen molar-refractivity contribution < 1.29 is 0 Å². The number of hydrogen-bond donors (Lipinski definition) is 1. The fraction of sp³-hybridized carbons (Fsp3) is 0.250. The van der Waals surface area contributed by atoms with Crippen molar-refractivity contribution in [2.24, 2.45) is 0 Å². The molecule has 0 aliphatic rings. The first-order valence-electron chi connectivity index (χ1n) is 5.94. The second-order valence-electron chi connectivity index (χ2n) is 5.42. The number of rotatable bonds is 1. The minimum absolute atomic E-state index is 0.166. The molecule has 0 bridgehead atoms. The van der Waals surface area contributed by atoms with Crippen molar-refractivity contribution in [3.8, 4) is 11.1 Å². The molecule has 0 saturated carbocycles. The first-order chi connectivity index (χ1) is 7.98. The summed E-state index contributed by atoms with van der Waals surface area (Å²) in [4.78, 5) is 0. The molecule has 17 heavy (non-hydrogen) atoms. The molecule has 2 N–H and O–H groups in total. The Morgan fingerprint density at radius 1 is 0.882 bits per heavy atom. The summed E-state index contributed by atoms with van der Waals surface area (Å²) in [5, 5.41) is 0. The fourth-order valence-corrected chi connectivity index (χ4v) is 1.91. The van der Waals surface area contributed by atoms with Crippen molar-refractivity contribution in [1.82, 2.24) is 0 Å². The molecule has 88 valence electrons. The Balaban J connectivity index is 2.51. The lowest BCUT2D eigenvalue weighted by Crippen LogP contribution is -2.10. The predicted octanol–water partition coefficient (Wildman–Crippen LogP) is 4.23. The standard InChI is InChI=1S/C16H19N/c1-16(2,3)13-8-6-7-12(11-13)14-9-4-5-10-15(14)17/h4-11H,17H2,1-3H3. The van der Waals surface area contributed by atoms with Gasteiger partial charge in [0.05, 0.1) is 0 Å². The van der Waals surface area contributed by atoms with Gasteiger partial charge in [0.1, 0.15) is 0 Å². The summed E-state index contributed by atoms with van der Waals surface area (Å²) in [6.07, 6.45) is 0. The molecule has 2 aromatic carbocycles. The Morgan fingerprint density at radius 3 is 2.24 bits per heavy atom. The molecule has 0 radical (unpaired) electrons. The third kappa shape index (κ3) is 2.50. The predicted molar refractivity (Wildman–Crippen MR) is 75.0 cm³/mol. The molecule has 0 fully saturated rings. The molecule has 0 unspecified atom stereocenters. The quantitative estimate of drug-likeness (QED) is 0.722. The van der Waals surface area contributed by atoms with E-state index in [1.807, 2.05) is 18.2 Å². The number of benzene rings is 2. The van der Waals surface area contributed by atoms with Crippen LogP contribution in [0.25, 0.3) is 11.1 Å². The number of hydrogen-bond acceptors (Lipinski definition) is 1. The summed E-state index contributed by atoms with van der Waals surface area (Å²) < 4.78 is 0. The van der Waals surface area contributed by atoms with Gasteiger partial charge in [0.2, 0.25) is 0 Å². The Morgan fingerprint density at radius 2 is 1.59 bits per heavy atom. The number of para-hydroxylation sites is 1. The average molecular weight is 225 g/mol. The van der Waals surface area contributed by atoms with Crippen molar-refractivity contribution in [3.05, 3.63) is 54.1 Å². The van der Waals surface area contributed by atoms with E-state index in [-0.39, 0.29) is 5.41 Å². The lowest BCUT2D eigenvalue weighted by atomic mass is 9.85. The van der Waals surface area contributed by atoms with E-state index in [2.05, 4.69) is 51.1 Å². The van der Waals surface area contributed by atoms with E-state index in [4.69, 9.17) is 5.73 Å². The zero-order valence-corrected chi connectivity index (χ0v) is 10.7. The highest BCUT2D eigenvalue weighted by Gasteiger charge is 2.14. The number of nitrogens with two attached hydrogens (primary N) is 1. The lowest BCUT2D eigenvalue weighted by molar-refractivity contribution is 0.590. The highest BCUT2D eigenvalue weighted by Crippen LogP contribution is 2.30. The second-order valence-corrected chi connectivity index (χ2v) is 5.42. The van der Waals surface area contributed by atoms with E-state index < -0.39 is 0 Å². The third-order valence-corrected chi connectivity index (χ3v) is 3.00. The highest BCUT2D eigenvalue weighted by molar-refractivity contribution is 5.76. The van der Waals surface area contributed by atoms with Crippen LogP contribution in [-0.4, -0.2) is 0 Å². The molecule has 0 saturated heterocycles. The maximum Gasteiger partial charge on any atom is 0.0393 e. The van der Waals surface area contributed by atoms with Crippen molar-refractivity contribution in [2.45, 2.75) is 26.2 Å². The molecular weight excluding hydrogens is 206 g/mol. The van der Waals surface area contributed by atoms with Gasteiger partial charge >= 0.3 is 0 Å². The van der Waals surface area contributed by atoms with Crippen LogP contribution in [0.1, 0.15) is 26.3 Å². The van der Waals surface area contributed by atoms with E-state index in [9.17, 15) is 0 Å². The van der Waals surface area contributed by atoms with Crippen LogP contribution in [0.15, 0.2) is 48.5 Å². The number of nitrogen functional groups attached to an aromatic ring is 1. The molecule has 0 heterocycles. The molecular formula is C16H19N. The van der Waals surface area contributed by atoms with Crippen LogP contribution in [0.4, 0.5) is 5.69 Å². The van der Waals surface area contributed by atoms with Crippen LogP contribution >= 0.6 is 0 Å².